The van der Waals surface area contributed by atoms with Crippen LogP contribution in [0.1, 0.15) is 11.1 Å². The average molecular weight is 652 g/mol. The number of nitrogens with one attached hydrogen (secondary N) is 1. The van der Waals surface area contributed by atoms with Crippen molar-refractivity contribution in [1.82, 2.24) is 19.5 Å². The van der Waals surface area contributed by atoms with Gasteiger partial charge in [-0.15, -0.1) is 0 Å². The number of pyridine rings is 1. The lowest BCUT2D eigenvalue weighted by Gasteiger charge is -2.36. The molecule has 6 aromatic carbocycles. The first-order chi connectivity index (χ1) is 24.6. The molecule has 1 aliphatic heterocycles. The second-order valence-electron chi connectivity index (χ2n) is 12.5. The molecule has 50 heavy (non-hydrogen) atoms. The lowest BCUT2D eigenvalue weighted by Crippen LogP contribution is -2.29. The van der Waals surface area contributed by atoms with E-state index in [4.69, 9.17) is 4.98 Å². The third-order valence-electron chi connectivity index (χ3n) is 9.72. The van der Waals surface area contributed by atoms with Gasteiger partial charge in [0.15, 0.2) is 0 Å². The van der Waals surface area contributed by atoms with Crippen LogP contribution >= 0.6 is 0 Å². The molecule has 0 bridgehead atoms. The average Bonchev–Trinajstić information content (AvgIpc) is 3.75. The van der Waals surface area contributed by atoms with Gasteiger partial charge in [-0.3, -0.25) is 9.47 Å². The Hall–Kier alpha value is -6.60. The summed E-state index contributed by atoms with van der Waals surface area (Å²) in [5.41, 5.74) is 8.68. The SMILES string of the molecule is FC1(F)c2ccccc2N(c2cccc(-c3cccc4c3nc(-c3cccc5c3[nH]c3ccccc35)n4-c3ccccc3)c2)c2ncccc21. The maximum atomic E-state index is 15.8. The van der Waals surface area contributed by atoms with Crippen LogP contribution in [0.4, 0.5) is 26.0 Å². The van der Waals surface area contributed by atoms with Gasteiger partial charge in [-0.05, 0) is 66.2 Å². The van der Waals surface area contributed by atoms with Crippen LogP contribution in [0.25, 0.3) is 61.0 Å². The Labute approximate surface area is 285 Å². The standard InChI is InChI=1S/C43H27F2N5/c44-43(45)34-20-5-7-23-37(34)50(42-35(43)21-11-25-46-42)29-15-8-12-27(26-29)30-17-10-24-38-40(30)48-41(49(38)28-13-2-1-3-14-28)33-19-9-18-32-31-16-4-6-22-36(31)47-39(32)33/h1-26,47H. The Morgan fingerprint density at radius 2 is 1.32 bits per heavy atom. The number of imidazole rings is 1. The van der Waals surface area contributed by atoms with Crippen LogP contribution < -0.4 is 4.90 Å². The van der Waals surface area contributed by atoms with Crippen LogP contribution in [0.3, 0.4) is 0 Å². The number of aromatic amines is 1. The Balaban J connectivity index is 1.20. The highest BCUT2D eigenvalue weighted by Crippen LogP contribution is 2.53. The van der Waals surface area contributed by atoms with Gasteiger partial charge in [-0.25, -0.2) is 9.97 Å². The maximum absolute atomic E-state index is 15.8. The molecule has 0 amide bonds. The van der Waals surface area contributed by atoms with Crippen molar-refractivity contribution in [3.8, 4) is 28.2 Å². The summed E-state index contributed by atoms with van der Waals surface area (Å²) in [6.07, 6.45) is 1.56. The number of benzene rings is 6. The van der Waals surface area contributed by atoms with Crippen molar-refractivity contribution in [2.75, 3.05) is 4.90 Å². The van der Waals surface area contributed by atoms with E-state index in [0.29, 0.717) is 5.69 Å². The number of fused-ring (bicyclic) bond motifs is 6. The number of halogens is 2. The van der Waals surface area contributed by atoms with Gasteiger partial charge in [0, 0.05) is 50.6 Å². The Kier molecular flexibility index (Phi) is 6.08. The summed E-state index contributed by atoms with van der Waals surface area (Å²) >= 11 is 0. The molecule has 9 aromatic rings. The van der Waals surface area contributed by atoms with Crippen molar-refractivity contribution in [3.05, 3.63) is 169 Å². The number of hydrogen-bond donors (Lipinski definition) is 1. The molecule has 0 spiro atoms. The molecule has 0 saturated heterocycles. The Morgan fingerprint density at radius 3 is 2.24 bits per heavy atom. The maximum Gasteiger partial charge on any atom is 0.304 e. The van der Waals surface area contributed by atoms with Gasteiger partial charge >= 0.3 is 5.92 Å². The summed E-state index contributed by atoms with van der Waals surface area (Å²) in [5.74, 6) is -2.14. The molecule has 0 fully saturated rings. The van der Waals surface area contributed by atoms with E-state index in [0.717, 1.165) is 66.7 Å². The number of nitrogens with zero attached hydrogens (tertiary/aromatic N) is 4. The summed E-state index contributed by atoms with van der Waals surface area (Å²) in [6.45, 7) is 0. The molecule has 7 heteroatoms. The highest BCUT2D eigenvalue weighted by Gasteiger charge is 2.45. The monoisotopic (exact) mass is 651 g/mol. The summed E-state index contributed by atoms with van der Waals surface area (Å²) in [6, 6.07) is 48.8. The van der Waals surface area contributed by atoms with Crippen LogP contribution in [0.15, 0.2) is 158 Å². The molecule has 4 heterocycles. The molecule has 0 radical (unpaired) electrons. The number of rotatable bonds is 4. The first-order valence-corrected chi connectivity index (χ1v) is 16.5. The van der Waals surface area contributed by atoms with Crippen LogP contribution in [-0.2, 0) is 5.92 Å². The normalized spacial score (nSPS) is 13.5. The molecule has 0 atom stereocenters. The molecular formula is C43H27F2N5. The van der Waals surface area contributed by atoms with Gasteiger partial charge in [0.25, 0.3) is 0 Å². The third kappa shape index (κ3) is 4.10. The predicted molar refractivity (Wildman–Crippen MR) is 197 cm³/mol. The third-order valence-corrected chi connectivity index (χ3v) is 9.72. The molecule has 0 aliphatic carbocycles. The van der Waals surface area contributed by atoms with Crippen molar-refractivity contribution in [2.24, 2.45) is 0 Å². The lowest BCUT2D eigenvalue weighted by molar-refractivity contribution is 0.0421. The van der Waals surface area contributed by atoms with Crippen LogP contribution in [0.5, 0.6) is 0 Å². The molecule has 0 unspecified atom stereocenters. The number of hydrogen-bond acceptors (Lipinski definition) is 3. The summed E-state index contributed by atoms with van der Waals surface area (Å²) in [5, 5.41) is 2.30. The first-order valence-electron chi connectivity index (χ1n) is 16.5. The highest BCUT2D eigenvalue weighted by atomic mass is 19.3. The van der Waals surface area contributed by atoms with Crippen molar-refractivity contribution >= 4 is 50.0 Å². The van der Waals surface area contributed by atoms with Gasteiger partial charge in [0.1, 0.15) is 11.6 Å². The zero-order valence-electron chi connectivity index (χ0n) is 26.6. The minimum absolute atomic E-state index is 0.0506. The zero-order chi connectivity index (χ0) is 33.4. The zero-order valence-corrected chi connectivity index (χ0v) is 26.6. The lowest BCUT2D eigenvalue weighted by atomic mass is 9.93. The van der Waals surface area contributed by atoms with E-state index >= 15 is 8.78 Å². The molecule has 238 valence electrons. The second kappa shape index (κ2) is 10.7. The second-order valence-corrected chi connectivity index (χ2v) is 12.5. The van der Waals surface area contributed by atoms with Crippen molar-refractivity contribution in [2.45, 2.75) is 5.92 Å². The molecule has 3 aromatic heterocycles. The minimum Gasteiger partial charge on any atom is -0.354 e. The number of para-hydroxylation sites is 5. The molecule has 5 nitrogen and oxygen atoms in total. The number of alkyl halides is 2. The fourth-order valence-corrected chi connectivity index (χ4v) is 7.50. The van der Waals surface area contributed by atoms with Gasteiger partial charge in [0.2, 0.25) is 0 Å². The quantitative estimate of drug-likeness (QED) is 0.206. The van der Waals surface area contributed by atoms with E-state index in [1.165, 1.54) is 12.1 Å². The van der Waals surface area contributed by atoms with E-state index in [1.807, 2.05) is 59.5 Å². The Bertz CT molecular complexity index is 2710. The van der Waals surface area contributed by atoms with Crippen molar-refractivity contribution in [3.63, 3.8) is 0 Å². The summed E-state index contributed by atoms with van der Waals surface area (Å²) in [4.78, 5) is 15.4. The fourth-order valence-electron chi connectivity index (χ4n) is 7.50. The fraction of sp³-hybridized carbons (Fsp3) is 0.0233. The van der Waals surface area contributed by atoms with Gasteiger partial charge in [-0.1, -0.05) is 91.0 Å². The van der Waals surface area contributed by atoms with E-state index in [2.05, 4.69) is 75.2 Å². The van der Waals surface area contributed by atoms with E-state index in [-0.39, 0.29) is 16.9 Å². The predicted octanol–water partition coefficient (Wildman–Crippen LogP) is 11.3. The van der Waals surface area contributed by atoms with E-state index in [9.17, 15) is 0 Å². The highest BCUT2D eigenvalue weighted by molar-refractivity contribution is 6.12. The van der Waals surface area contributed by atoms with Crippen molar-refractivity contribution in [1.29, 1.82) is 0 Å². The van der Waals surface area contributed by atoms with E-state index in [1.54, 1.807) is 30.5 Å². The molecule has 1 aliphatic rings. The van der Waals surface area contributed by atoms with Crippen LogP contribution in [0, 0.1) is 0 Å². The largest absolute Gasteiger partial charge is 0.354 e. The summed E-state index contributed by atoms with van der Waals surface area (Å²) in [7, 11) is 0. The topological polar surface area (TPSA) is 49.7 Å². The molecule has 0 saturated carbocycles. The molecular weight excluding hydrogens is 625 g/mol. The number of aromatic nitrogens is 4. The van der Waals surface area contributed by atoms with Crippen molar-refractivity contribution < 1.29 is 8.78 Å². The molecule has 1 N–H and O–H groups in total. The smallest absolute Gasteiger partial charge is 0.304 e. The van der Waals surface area contributed by atoms with E-state index < -0.39 is 5.92 Å². The number of anilines is 3. The molecule has 10 rings (SSSR count). The Morgan fingerprint density at radius 1 is 0.600 bits per heavy atom. The summed E-state index contributed by atoms with van der Waals surface area (Å²) < 4.78 is 33.8. The van der Waals surface area contributed by atoms with Crippen LogP contribution in [-0.4, -0.2) is 19.5 Å². The van der Waals surface area contributed by atoms with Gasteiger partial charge < -0.3 is 4.98 Å². The minimum atomic E-state index is -3.17. The van der Waals surface area contributed by atoms with Gasteiger partial charge in [-0.2, -0.15) is 8.78 Å². The van der Waals surface area contributed by atoms with Gasteiger partial charge in [0.05, 0.1) is 27.8 Å². The number of H-pyrrole nitrogens is 1. The first kappa shape index (κ1) is 28.4. The van der Waals surface area contributed by atoms with Crippen LogP contribution in [0.2, 0.25) is 0 Å².